The van der Waals surface area contributed by atoms with E-state index >= 15 is 0 Å². The Morgan fingerprint density at radius 2 is 2.29 bits per heavy atom. The summed E-state index contributed by atoms with van der Waals surface area (Å²) in [6, 6.07) is 6.56. The third-order valence-electron chi connectivity index (χ3n) is 3.72. The van der Waals surface area contributed by atoms with E-state index in [1.54, 1.807) is 6.20 Å². The highest BCUT2D eigenvalue weighted by Crippen LogP contribution is 2.29. The van der Waals surface area contributed by atoms with Gasteiger partial charge in [-0.25, -0.2) is 4.98 Å². The van der Waals surface area contributed by atoms with Gasteiger partial charge >= 0.3 is 0 Å². The van der Waals surface area contributed by atoms with Crippen LogP contribution in [0.1, 0.15) is 38.3 Å². The van der Waals surface area contributed by atoms with Crippen molar-refractivity contribution in [1.29, 1.82) is 5.26 Å². The molecule has 2 unspecified atom stereocenters. The maximum atomic E-state index is 8.87. The second-order valence-corrected chi connectivity index (χ2v) is 5.05. The minimum absolute atomic E-state index is 0.498. The molecule has 3 nitrogen and oxygen atoms in total. The molecule has 0 radical (unpaired) electrons. The van der Waals surface area contributed by atoms with Crippen LogP contribution in [0.25, 0.3) is 0 Å². The lowest BCUT2D eigenvalue weighted by Gasteiger charge is -2.35. The summed E-state index contributed by atoms with van der Waals surface area (Å²) in [5.74, 6) is 0.813. The van der Waals surface area contributed by atoms with Gasteiger partial charge in [0.25, 0.3) is 0 Å². The molecule has 1 fully saturated rings. The number of nitriles is 1. The lowest BCUT2D eigenvalue weighted by molar-refractivity contribution is 0.336. The van der Waals surface area contributed by atoms with Crippen molar-refractivity contribution < 1.29 is 0 Å². The Bertz CT molecular complexity index is 422. The molecule has 2 atom stereocenters. The summed E-state index contributed by atoms with van der Waals surface area (Å²) in [4.78, 5) is 6.32. The van der Waals surface area contributed by atoms with Crippen molar-refractivity contribution in [1.82, 2.24) is 4.98 Å². The molecule has 17 heavy (non-hydrogen) atoms. The molecule has 3 heteroatoms. The number of hydrogen-bond acceptors (Lipinski definition) is 3. The first-order chi connectivity index (χ1) is 8.20. The summed E-state index contributed by atoms with van der Waals surface area (Å²) in [6.45, 7) is 2.33. The smallest absolute Gasteiger partial charge is 0.142 e. The van der Waals surface area contributed by atoms with Crippen LogP contribution >= 0.6 is 0 Å². The molecule has 0 N–H and O–H groups in total. The molecule has 1 heterocycles. The van der Waals surface area contributed by atoms with Gasteiger partial charge in [0.2, 0.25) is 0 Å². The van der Waals surface area contributed by atoms with Gasteiger partial charge in [0.15, 0.2) is 0 Å². The number of aromatic nitrogens is 1. The molecule has 1 aromatic heterocycles. The normalized spacial score (nSPS) is 24.1. The molecular formula is C14H19N3. The average Bonchev–Trinajstić information content (AvgIpc) is 2.38. The molecule has 2 rings (SSSR count). The predicted octanol–water partition coefficient (Wildman–Crippen LogP) is 2.97. The van der Waals surface area contributed by atoms with Crippen LogP contribution in [0.15, 0.2) is 18.3 Å². The summed E-state index contributed by atoms with van der Waals surface area (Å²) in [5.41, 5.74) is 1.61. The van der Waals surface area contributed by atoms with Crippen molar-refractivity contribution in [3.63, 3.8) is 0 Å². The van der Waals surface area contributed by atoms with Crippen LogP contribution in [0.5, 0.6) is 0 Å². The predicted molar refractivity (Wildman–Crippen MR) is 68.8 cm³/mol. The summed E-state index contributed by atoms with van der Waals surface area (Å²) in [5, 5.41) is 8.87. The maximum Gasteiger partial charge on any atom is 0.142 e. The third-order valence-corrected chi connectivity index (χ3v) is 3.72. The van der Waals surface area contributed by atoms with Gasteiger partial charge in [-0.3, -0.25) is 0 Å². The van der Waals surface area contributed by atoms with Gasteiger partial charge in [-0.1, -0.05) is 19.8 Å². The second kappa shape index (κ2) is 5.18. The fraction of sp³-hybridized carbons (Fsp3) is 0.571. The van der Waals surface area contributed by atoms with Crippen molar-refractivity contribution >= 4 is 5.69 Å². The number of hydrogen-bond donors (Lipinski definition) is 0. The van der Waals surface area contributed by atoms with Gasteiger partial charge in [-0.2, -0.15) is 5.26 Å². The molecule has 0 saturated heterocycles. The Morgan fingerprint density at radius 3 is 3.00 bits per heavy atom. The van der Waals surface area contributed by atoms with Crippen LogP contribution in [-0.4, -0.2) is 18.1 Å². The van der Waals surface area contributed by atoms with Crippen molar-refractivity contribution in [2.45, 2.75) is 38.6 Å². The van der Waals surface area contributed by atoms with E-state index in [0.29, 0.717) is 11.7 Å². The monoisotopic (exact) mass is 229 g/mol. The van der Waals surface area contributed by atoms with E-state index < -0.39 is 0 Å². The van der Waals surface area contributed by atoms with Gasteiger partial charge in [0, 0.05) is 25.0 Å². The van der Waals surface area contributed by atoms with E-state index in [1.165, 1.54) is 25.7 Å². The fourth-order valence-electron chi connectivity index (χ4n) is 2.66. The van der Waals surface area contributed by atoms with Crippen LogP contribution in [0.2, 0.25) is 0 Å². The summed E-state index contributed by atoms with van der Waals surface area (Å²) in [7, 11) is 2.12. The Hall–Kier alpha value is -1.56. The SMILES string of the molecule is CC1CCCC(N(C)c2ccnc(C#N)c2)C1. The highest BCUT2D eigenvalue weighted by Gasteiger charge is 2.22. The third kappa shape index (κ3) is 2.76. The second-order valence-electron chi connectivity index (χ2n) is 5.05. The molecule has 0 bridgehead atoms. The Labute approximate surface area is 103 Å². The quantitative estimate of drug-likeness (QED) is 0.782. The van der Waals surface area contributed by atoms with Crippen molar-refractivity contribution in [3.05, 3.63) is 24.0 Å². The molecule has 90 valence electrons. The number of pyridine rings is 1. The minimum Gasteiger partial charge on any atom is -0.371 e. The van der Waals surface area contributed by atoms with Crippen LogP contribution < -0.4 is 4.90 Å². The molecule has 0 aliphatic heterocycles. The lowest BCUT2D eigenvalue weighted by atomic mass is 9.86. The van der Waals surface area contributed by atoms with Gasteiger partial charge in [0.1, 0.15) is 11.8 Å². The highest BCUT2D eigenvalue weighted by molar-refractivity contribution is 5.49. The van der Waals surface area contributed by atoms with Gasteiger partial charge in [0.05, 0.1) is 0 Å². The van der Waals surface area contributed by atoms with Crippen LogP contribution in [-0.2, 0) is 0 Å². The molecule has 1 aliphatic rings. The Morgan fingerprint density at radius 1 is 1.47 bits per heavy atom. The summed E-state index contributed by atoms with van der Waals surface area (Å²) < 4.78 is 0. The average molecular weight is 229 g/mol. The zero-order valence-electron chi connectivity index (χ0n) is 10.6. The highest BCUT2D eigenvalue weighted by atomic mass is 15.1. The Kier molecular flexibility index (Phi) is 3.63. The molecular weight excluding hydrogens is 210 g/mol. The molecule has 1 saturated carbocycles. The molecule has 0 amide bonds. The standard InChI is InChI=1S/C14H19N3/c1-11-4-3-5-13(8-11)17(2)14-6-7-16-12(9-14)10-15/h6-7,9,11,13H,3-5,8H2,1-2H3. The van der Waals surface area contributed by atoms with E-state index in [0.717, 1.165) is 11.6 Å². The molecule has 1 aromatic rings. The first-order valence-electron chi connectivity index (χ1n) is 6.29. The number of nitrogens with zero attached hydrogens (tertiary/aromatic N) is 3. The maximum absolute atomic E-state index is 8.87. The first kappa shape index (κ1) is 11.9. The zero-order chi connectivity index (χ0) is 12.3. The lowest BCUT2D eigenvalue weighted by Crippen LogP contribution is -2.35. The van der Waals surface area contributed by atoms with E-state index in [4.69, 9.17) is 5.26 Å². The Balaban J connectivity index is 2.13. The first-order valence-corrected chi connectivity index (χ1v) is 6.29. The van der Waals surface area contributed by atoms with Crippen molar-refractivity contribution in [2.24, 2.45) is 5.92 Å². The summed E-state index contributed by atoms with van der Waals surface area (Å²) >= 11 is 0. The molecule has 0 aromatic carbocycles. The zero-order valence-corrected chi connectivity index (χ0v) is 10.6. The fourth-order valence-corrected chi connectivity index (χ4v) is 2.66. The largest absolute Gasteiger partial charge is 0.371 e. The van der Waals surface area contributed by atoms with Crippen LogP contribution in [0, 0.1) is 17.2 Å². The summed E-state index contributed by atoms with van der Waals surface area (Å²) in [6.07, 6.45) is 6.89. The van der Waals surface area contributed by atoms with Crippen molar-refractivity contribution in [2.75, 3.05) is 11.9 Å². The van der Waals surface area contributed by atoms with Gasteiger partial charge in [-0.05, 0) is 30.9 Å². The van der Waals surface area contributed by atoms with Crippen LogP contribution in [0.3, 0.4) is 0 Å². The molecule has 1 aliphatic carbocycles. The number of rotatable bonds is 2. The van der Waals surface area contributed by atoms with Crippen LogP contribution in [0.4, 0.5) is 5.69 Å². The van der Waals surface area contributed by atoms with Crippen molar-refractivity contribution in [3.8, 4) is 6.07 Å². The van der Waals surface area contributed by atoms with E-state index in [-0.39, 0.29) is 0 Å². The van der Waals surface area contributed by atoms with E-state index in [9.17, 15) is 0 Å². The van der Waals surface area contributed by atoms with E-state index in [2.05, 4.69) is 29.9 Å². The van der Waals surface area contributed by atoms with Gasteiger partial charge in [-0.15, -0.1) is 0 Å². The molecule has 0 spiro atoms. The van der Waals surface area contributed by atoms with E-state index in [1.807, 2.05) is 12.1 Å². The number of anilines is 1. The minimum atomic E-state index is 0.498. The van der Waals surface area contributed by atoms with Gasteiger partial charge < -0.3 is 4.90 Å². The topological polar surface area (TPSA) is 39.9 Å².